The number of likely N-dealkylation sites (N-methyl/N-ethyl adjacent to an activating group) is 1. The van der Waals surface area contributed by atoms with Gasteiger partial charge in [-0.3, -0.25) is 15.0 Å². The van der Waals surface area contributed by atoms with Gasteiger partial charge in [0.2, 0.25) is 0 Å². The largest absolute Gasteiger partial charge is 0.495 e. The summed E-state index contributed by atoms with van der Waals surface area (Å²) in [4.78, 5) is 17.0. The number of azo groups is 1. The number of nitrogens with one attached hydrogen (secondary N) is 2. The van der Waals surface area contributed by atoms with Gasteiger partial charge >= 0.3 is 0 Å². The van der Waals surface area contributed by atoms with Crippen molar-refractivity contribution in [3.05, 3.63) is 46.8 Å². The van der Waals surface area contributed by atoms with Crippen LogP contribution in [0.15, 0.2) is 51.4 Å². The van der Waals surface area contributed by atoms with Gasteiger partial charge in [-0.1, -0.05) is 0 Å². The predicted molar refractivity (Wildman–Crippen MR) is 127 cm³/mol. The second-order valence-electron chi connectivity index (χ2n) is 7.72. The molecule has 2 heterocycles. The lowest BCUT2D eigenvalue weighted by atomic mass is 10.1. The van der Waals surface area contributed by atoms with E-state index in [4.69, 9.17) is 14.2 Å². The summed E-state index contributed by atoms with van der Waals surface area (Å²) in [6, 6.07) is 11.0. The lowest BCUT2D eigenvalue weighted by molar-refractivity contribution is 0.311. The molecule has 0 atom stereocenters. The monoisotopic (exact) mass is 452 g/mol. The Morgan fingerprint density at radius 3 is 2.21 bits per heavy atom. The Morgan fingerprint density at radius 2 is 1.52 bits per heavy atom. The molecule has 0 unspecified atom stereocenters. The smallest absolute Gasteiger partial charge is 0.292 e. The number of hydrogen-bond acceptors (Lipinski definition) is 8. The van der Waals surface area contributed by atoms with E-state index in [1.54, 1.807) is 33.5 Å². The van der Waals surface area contributed by atoms with Gasteiger partial charge in [0, 0.05) is 31.7 Å². The fourth-order valence-electron chi connectivity index (χ4n) is 3.79. The van der Waals surface area contributed by atoms with Crippen LogP contribution in [0.2, 0.25) is 0 Å². The van der Waals surface area contributed by atoms with Crippen molar-refractivity contribution in [3.63, 3.8) is 0 Å². The Morgan fingerprint density at radius 1 is 0.818 bits per heavy atom. The van der Waals surface area contributed by atoms with E-state index in [2.05, 4.69) is 37.3 Å². The van der Waals surface area contributed by atoms with E-state index in [0.717, 1.165) is 37.6 Å². The number of anilines is 1. The van der Waals surface area contributed by atoms with Gasteiger partial charge in [-0.25, -0.2) is 0 Å². The molecule has 10 nitrogen and oxygen atoms in total. The van der Waals surface area contributed by atoms with Gasteiger partial charge in [0.1, 0.15) is 5.75 Å². The molecule has 0 amide bonds. The molecule has 0 spiro atoms. The number of piperazine rings is 1. The number of ether oxygens (including phenoxy) is 3. The van der Waals surface area contributed by atoms with E-state index < -0.39 is 0 Å². The van der Waals surface area contributed by atoms with Crippen LogP contribution in [-0.2, 0) is 0 Å². The maximum absolute atomic E-state index is 12.4. The summed E-state index contributed by atoms with van der Waals surface area (Å²) in [7, 11) is 6.90. The predicted octanol–water partition coefficient (Wildman–Crippen LogP) is 3.56. The molecule has 0 radical (unpaired) electrons. The first-order valence-corrected chi connectivity index (χ1v) is 10.6. The summed E-state index contributed by atoms with van der Waals surface area (Å²) in [6.45, 7) is 3.74. The Bertz CT molecular complexity index is 1190. The fourth-order valence-corrected chi connectivity index (χ4v) is 3.79. The van der Waals surface area contributed by atoms with Crippen LogP contribution in [-0.4, -0.2) is 69.7 Å². The molecule has 0 saturated carbocycles. The Kier molecular flexibility index (Phi) is 6.64. The van der Waals surface area contributed by atoms with Crippen molar-refractivity contribution in [3.8, 4) is 28.5 Å². The number of H-pyrrole nitrogens is 2. The molecule has 33 heavy (non-hydrogen) atoms. The molecular weight excluding hydrogens is 424 g/mol. The zero-order valence-electron chi connectivity index (χ0n) is 19.2. The summed E-state index contributed by atoms with van der Waals surface area (Å²) < 4.78 is 16.2. The number of hydrogen-bond donors (Lipinski definition) is 2. The highest BCUT2D eigenvalue weighted by atomic mass is 16.5. The van der Waals surface area contributed by atoms with Crippen LogP contribution in [0.1, 0.15) is 0 Å². The van der Waals surface area contributed by atoms with Crippen molar-refractivity contribution >= 4 is 17.1 Å². The number of benzene rings is 2. The standard InChI is InChI=1S/C23H28N6O4/c1-28-9-11-29(12-10-28)17-14-16(6-8-18(17)31-2)24-26-22-21(25-27-23(22)30)15-5-7-19(32-3)20(13-15)33-4/h5-8,13-14H,9-12H2,1-4H3,(H2,25,27,30). The molecule has 0 bridgehead atoms. The zero-order valence-corrected chi connectivity index (χ0v) is 19.2. The average molecular weight is 453 g/mol. The van der Waals surface area contributed by atoms with Crippen LogP contribution >= 0.6 is 0 Å². The normalized spacial score (nSPS) is 14.6. The Hall–Kier alpha value is -3.79. The summed E-state index contributed by atoms with van der Waals surface area (Å²) in [5.74, 6) is 1.92. The molecule has 174 valence electrons. The fraction of sp³-hybridized carbons (Fsp3) is 0.348. The molecule has 1 aliphatic rings. The van der Waals surface area contributed by atoms with Crippen molar-refractivity contribution in [1.82, 2.24) is 15.1 Å². The lowest BCUT2D eigenvalue weighted by Gasteiger charge is -2.34. The van der Waals surface area contributed by atoms with Crippen LogP contribution in [0.3, 0.4) is 0 Å². The third-order valence-corrected chi connectivity index (χ3v) is 5.70. The second kappa shape index (κ2) is 9.78. The number of nitrogens with zero attached hydrogens (tertiary/aromatic N) is 4. The summed E-state index contributed by atoms with van der Waals surface area (Å²) in [6.07, 6.45) is 0. The summed E-state index contributed by atoms with van der Waals surface area (Å²) >= 11 is 0. The Balaban J connectivity index is 1.65. The second-order valence-corrected chi connectivity index (χ2v) is 7.72. The van der Waals surface area contributed by atoms with Gasteiger partial charge in [-0.15, -0.1) is 5.11 Å². The van der Waals surface area contributed by atoms with Crippen molar-refractivity contribution in [2.24, 2.45) is 10.2 Å². The molecule has 1 fully saturated rings. The van der Waals surface area contributed by atoms with Crippen molar-refractivity contribution in [1.29, 1.82) is 0 Å². The van der Waals surface area contributed by atoms with Gasteiger partial charge in [0.05, 0.1) is 38.4 Å². The summed E-state index contributed by atoms with van der Waals surface area (Å²) in [5, 5.41) is 14.1. The van der Waals surface area contributed by atoms with E-state index in [-0.39, 0.29) is 11.2 Å². The molecule has 10 heteroatoms. The van der Waals surface area contributed by atoms with Gasteiger partial charge in [0.15, 0.2) is 17.2 Å². The highest BCUT2D eigenvalue weighted by molar-refractivity contribution is 5.73. The minimum atomic E-state index is -0.365. The van der Waals surface area contributed by atoms with E-state index in [1.165, 1.54) is 0 Å². The summed E-state index contributed by atoms with van der Waals surface area (Å²) in [5.41, 5.74) is 2.63. The number of rotatable bonds is 7. The van der Waals surface area contributed by atoms with Crippen molar-refractivity contribution < 1.29 is 14.2 Å². The third kappa shape index (κ3) is 4.70. The maximum atomic E-state index is 12.4. The third-order valence-electron chi connectivity index (χ3n) is 5.70. The average Bonchev–Trinajstić information content (AvgIpc) is 3.22. The first-order valence-electron chi connectivity index (χ1n) is 10.6. The van der Waals surface area contributed by atoms with Crippen LogP contribution in [0.4, 0.5) is 17.1 Å². The maximum Gasteiger partial charge on any atom is 0.292 e. The molecule has 2 aromatic carbocycles. The van der Waals surface area contributed by atoms with Gasteiger partial charge < -0.3 is 24.0 Å². The van der Waals surface area contributed by atoms with E-state index in [0.29, 0.717) is 28.4 Å². The number of aromatic amines is 2. The van der Waals surface area contributed by atoms with E-state index in [1.807, 2.05) is 24.3 Å². The van der Waals surface area contributed by atoms with Crippen molar-refractivity contribution in [2.45, 2.75) is 0 Å². The minimum absolute atomic E-state index is 0.180. The molecular formula is C23H28N6O4. The molecule has 1 saturated heterocycles. The van der Waals surface area contributed by atoms with Crippen LogP contribution < -0.4 is 24.7 Å². The first kappa shape index (κ1) is 22.4. The lowest BCUT2D eigenvalue weighted by Crippen LogP contribution is -2.44. The van der Waals surface area contributed by atoms with Crippen LogP contribution in [0.5, 0.6) is 17.2 Å². The van der Waals surface area contributed by atoms with Gasteiger partial charge in [0.25, 0.3) is 5.56 Å². The molecule has 1 aromatic heterocycles. The van der Waals surface area contributed by atoms with E-state index >= 15 is 0 Å². The molecule has 1 aliphatic heterocycles. The highest BCUT2D eigenvalue weighted by Gasteiger charge is 2.19. The van der Waals surface area contributed by atoms with E-state index in [9.17, 15) is 4.79 Å². The van der Waals surface area contributed by atoms with Crippen LogP contribution in [0, 0.1) is 0 Å². The van der Waals surface area contributed by atoms with Crippen molar-refractivity contribution in [2.75, 3.05) is 59.5 Å². The number of methoxy groups -OCH3 is 3. The molecule has 3 aromatic rings. The topological polar surface area (TPSA) is 108 Å². The molecule has 0 aliphatic carbocycles. The molecule has 4 rings (SSSR count). The minimum Gasteiger partial charge on any atom is -0.495 e. The molecule has 2 N–H and O–H groups in total. The Labute approximate surface area is 191 Å². The van der Waals surface area contributed by atoms with Crippen LogP contribution in [0.25, 0.3) is 11.3 Å². The first-order chi connectivity index (χ1) is 16.0. The quantitative estimate of drug-likeness (QED) is 0.531. The highest BCUT2D eigenvalue weighted by Crippen LogP contribution is 2.36. The van der Waals surface area contributed by atoms with Gasteiger partial charge in [-0.2, -0.15) is 5.11 Å². The van der Waals surface area contributed by atoms with Gasteiger partial charge in [-0.05, 0) is 43.4 Å². The zero-order chi connectivity index (χ0) is 23.4. The number of aromatic nitrogens is 2. The SMILES string of the molecule is COc1ccc(-c2[nH][nH]c(=O)c2N=Nc2ccc(OC)c(N3CCN(C)CC3)c2)cc1OC.